The Morgan fingerprint density at radius 3 is 2.74 bits per heavy atom. The molecule has 0 fully saturated rings. The number of halogens is 1. The lowest BCUT2D eigenvalue weighted by Crippen LogP contribution is -1.94. The van der Waals surface area contributed by atoms with Gasteiger partial charge in [-0.2, -0.15) is 0 Å². The number of phenolic OH excluding ortho intramolecular Hbond substituents is 1. The number of aromatic amines is 1. The molecule has 0 saturated carbocycles. The summed E-state index contributed by atoms with van der Waals surface area (Å²) in [6.07, 6.45) is 0. The molecule has 0 aliphatic carbocycles. The Balaban J connectivity index is 1.80. The van der Waals surface area contributed by atoms with Gasteiger partial charge in [0.2, 0.25) is 0 Å². The molecule has 2 N–H and O–H groups in total. The molecule has 1 heterocycles. The first-order chi connectivity index (χ1) is 9.22. The Hall–Kier alpha value is -2.13. The van der Waals surface area contributed by atoms with Crippen LogP contribution in [0.2, 0.25) is 5.02 Å². The SMILES string of the molecule is Oc1cccc(OCc2cc3c(Cl)cccc3[nH]2)c1. The standard InChI is InChI=1S/C15H12ClNO2/c16-14-5-2-6-15-13(14)7-10(17-15)9-19-12-4-1-3-11(18)8-12/h1-8,17-18H,9H2. The third-order valence-electron chi connectivity index (χ3n) is 2.88. The lowest BCUT2D eigenvalue weighted by atomic mass is 10.2. The summed E-state index contributed by atoms with van der Waals surface area (Å²) in [6.45, 7) is 0.397. The maximum atomic E-state index is 9.36. The van der Waals surface area contributed by atoms with Crippen LogP contribution in [-0.4, -0.2) is 10.1 Å². The Kier molecular flexibility index (Phi) is 3.05. The summed E-state index contributed by atoms with van der Waals surface area (Å²) >= 11 is 6.11. The minimum absolute atomic E-state index is 0.192. The highest BCUT2D eigenvalue weighted by Crippen LogP contribution is 2.25. The van der Waals surface area contributed by atoms with Crippen LogP contribution in [0, 0.1) is 0 Å². The molecule has 0 unspecified atom stereocenters. The van der Waals surface area contributed by atoms with Crippen molar-refractivity contribution < 1.29 is 9.84 Å². The Morgan fingerprint density at radius 2 is 1.95 bits per heavy atom. The number of rotatable bonds is 3. The van der Waals surface area contributed by atoms with E-state index < -0.39 is 0 Å². The van der Waals surface area contributed by atoms with Gasteiger partial charge in [0.05, 0.1) is 5.69 Å². The zero-order valence-corrected chi connectivity index (χ0v) is 10.8. The molecular weight excluding hydrogens is 262 g/mol. The molecule has 3 nitrogen and oxygen atoms in total. The third-order valence-corrected chi connectivity index (χ3v) is 3.21. The van der Waals surface area contributed by atoms with E-state index in [9.17, 15) is 5.11 Å². The summed E-state index contributed by atoms with van der Waals surface area (Å²) in [6, 6.07) is 14.4. The number of aromatic nitrogens is 1. The molecule has 96 valence electrons. The quantitative estimate of drug-likeness (QED) is 0.754. The number of aromatic hydroxyl groups is 1. The van der Waals surface area contributed by atoms with Crippen molar-refractivity contribution in [2.45, 2.75) is 6.61 Å². The zero-order chi connectivity index (χ0) is 13.2. The summed E-state index contributed by atoms with van der Waals surface area (Å²) in [5.41, 5.74) is 1.92. The fourth-order valence-corrected chi connectivity index (χ4v) is 2.22. The Morgan fingerprint density at radius 1 is 1.11 bits per heavy atom. The van der Waals surface area contributed by atoms with E-state index in [0.717, 1.165) is 21.6 Å². The van der Waals surface area contributed by atoms with Crippen LogP contribution >= 0.6 is 11.6 Å². The largest absolute Gasteiger partial charge is 0.508 e. The second-order valence-corrected chi connectivity index (χ2v) is 4.69. The van der Waals surface area contributed by atoms with E-state index in [0.29, 0.717) is 12.4 Å². The van der Waals surface area contributed by atoms with Crippen LogP contribution in [0.4, 0.5) is 0 Å². The Labute approximate surface area is 115 Å². The molecule has 0 spiro atoms. The Bertz CT molecular complexity index is 721. The number of hydrogen-bond donors (Lipinski definition) is 2. The molecule has 4 heteroatoms. The molecule has 0 atom stereocenters. The van der Waals surface area contributed by atoms with Crippen molar-refractivity contribution in [1.82, 2.24) is 4.98 Å². The van der Waals surface area contributed by atoms with Crippen molar-refractivity contribution >= 4 is 22.5 Å². The van der Waals surface area contributed by atoms with Crippen molar-refractivity contribution in [3.8, 4) is 11.5 Å². The number of benzene rings is 2. The molecule has 2 aromatic carbocycles. The first-order valence-corrected chi connectivity index (χ1v) is 6.28. The first kappa shape index (κ1) is 11.9. The second-order valence-electron chi connectivity index (χ2n) is 4.28. The topological polar surface area (TPSA) is 45.2 Å². The second kappa shape index (κ2) is 4.86. The molecule has 1 aromatic heterocycles. The van der Waals surface area contributed by atoms with Crippen LogP contribution in [0.1, 0.15) is 5.69 Å². The summed E-state index contributed by atoms with van der Waals surface area (Å²) in [5.74, 6) is 0.821. The highest BCUT2D eigenvalue weighted by Gasteiger charge is 2.04. The van der Waals surface area contributed by atoms with E-state index in [1.807, 2.05) is 24.3 Å². The van der Waals surface area contributed by atoms with Crippen molar-refractivity contribution in [2.24, 2.45) is 0 Å². The summed E-state index contributed by atoms with van der Waals surface area (Å²) < 4.78 is 5.61. The van der Waals surface area contributed by atoms with E-state index >= 15 is 0 Å². The van der Waals surface area contributed by atoms with Gasteiger partial charge < -0.3 is 14.8 Å². The minimum Gasteiger partial charge on any atom is -0.508 e. The van der Waals surface area contributed by atoms with Crippen molar-refractivity contribution in [3.63, 3.8) is 0 Å². The molecule has 0 aliphatic rings. The average molecular weight is 274 g/mol. The molecule has 0 radical (unpaired) electrons. The van der Waals surface area contributed by atoms with Crippen LogP contribution in [0.25, 0.3) is 10.9 Å². The smallest absolute Gasteiger partial charge is 0.128 e. The molecule has 19 heavy (non-hydrogen) atoms. The van der Waals surface area contributed by atoms with Gasteiger partial charge >= 0.3 is 0 Å². The summed E-state index contributed by atoms with van der Waals surface area (Å²) in [5, 5.41) is 11.1. The summed E-state index contributed by atoms with van der Waals surface area (Å²) in [4.78, 5) is 3.25. The van der Waals surface area contributed by atoms with Crippen LogP contribution < -0.4 is 4.74 Å². The van der Waals surface area contributed by atoms with E-state index in [1.165, 1.54) is 0 Å². The summed E-state index contributed by atoms with van der Waals surface area (Å²) in [7, 11) is 0. The van der Waals surface area contributed by atoms with E-state index in [4.69, 9.17) is 16.3 Å². The molecule has 0 saturated heterocycles. The zero-order valence-electron chi connectivity index (χ0n) is 10.1. The third kappa shape index (κ3) is 2.51. The predicted molar refractivity (Wildman–Crippen MR) is 75.7 cm³/mol. The van der Waals surface area contributed by atoms with Gasteiger partial charge in [-0.05, 0) is 30.3 Å². The van der Waals surface area contributed by atoms with Gasteiger partial charge in [-0.3, -0.25) is 0 Å². The lowest BCUT2D eigenvalue weighted by molar-refractivity contribution is 0.300. The van der Waals surface area contributed by atoms with Gasteiger partial charge in [0.1, 0.15) is 18.1 Å². The van der Waals surface area contributed by atoms with Crippen molar-refractivity contribution in [3.05, 3.63) is 59.2 Å². The van der Waals surface area contributed by atoms with Crippen LogP contribution in [0.15, 0.2) is 48.5 Å². The number of ether oxygens (including phenoxy) is 1. The van der Waals surface area contributed by atoms with E-state index in [1.54, 1.807) is 24.3 Å². The number of nitrogens with one attached hydrogen (secondary N) is 1. The van der Waals surface area contributed by atoms with Gasteiger partial charge in [-0.1, -0.05) is 23.7 Å². The van der Waals surface area contributed by atoms with Crippen molar-refractivity contribution in [1.29, 1.82) is 0 Å². The number of H-pyrrole nitrogens is 1. The van der Waals surface area contributed by atoms with Crippen molar-refractivity contribution in [2.75, 3.05) is 0 Å². The molecule has 3 aromatic rings. The maximum absolute atomic E-state index is 9.36. The average Bonchev–Trinajstić information content (AvgIpc) is 2.81. The van der Waals surface area contributed by atoms with Gasteiger partial charge in [-0.25, -0.2) is 0 Å². The highest BCUT2D eigenvalue weighted by molar-refractivity contribution is 6.35. The monoisotopic (exact) mass is 273 g/mol. The fraction of sp³-hybridized carbons (Fsp3) is 0.0667. The van der Waals surface area contributed by atoms with Gasteiger partial charge in [-0.15, -0.1) is 0 Å². The maximum Gasteiger partial charge on any atom is 0.128 e. The molecule has 0 aliphatic heterocycles. The molecule has 0 amide bonds. The van der Waals surface area contributed by atoms with E-state index in [2.05, 4.69) is 4.98 Å². The van der Waals surface area contributed by atoms with Crippen LogP contribution in [-0.2, 0) is 6.61 Å². The van der Waals surface area contributed by atoms with E-state index in [-0.39, 0.29) is 5.75 Å². The number of fused-ring (bicyclic) bond motifs is 1. The predicted octanol–water partition coefficient (Wildman–Crippen LogP) is 4.11. The fourth-order valence-electron chi connectivity index (χ4n) is 1.99. The molecule has 3 rings (SSSR count). The first-order valence-electron chi connectivity index (χ1n) is 5.90. The number of phenols is 1. The minimum atomic E-state index is 0.192. The van der Waals surface area contributed by atoms with Crippen LogP contribution in [0.5, 0.6) is 11.5 Å². The van der Waals surface area contributed by atoms with Gasteiger partial charge in [0.25, 0.3) is 0 Å². The van der Waals surface area contributed by atoms with Gasteiger partial charge in [0.15, 0.2) is 0 Å². The highest BCUT2D eigenvalue weighted by atomic mass is 35.5. The van der Waals surface area contributed by atoms with Gasteiger partial charge in [0, 0.05) is 22.0 Å². The molecule has 0 bridgehead atoms. The number of hydrogen-bond acceptors (Lipinski definition) is 2. The molecular formula is C15H12ClNO2. The lowest BCUT2D eigenvalue weighted by Gasteiger charge is -2.04. The van der Waals surface area contributed by atoms with Crippen LogP contribution in [0.3, 0.4) is 0 Å². The normalized spacial score (nSPS) is 10.8.